The highest BCUT2D eigenvalue weighted by molar-refractivity contribution is 6.36. The van der Waals surface area contributed by atoms with E-state index in [0.29, 0.717) is 42.4 Å². The van der Waals surface area contributed by atoms with Crippen LogP contribution in [0.1, 0.15) is 51.9 Å². The summed E-state index contributed by atoms with van der Waals surface area (Å²) in [5.74, 6) is -0.678. The molecule has 1 aromatic heterocycles. The lowest BCUT2D eigenvalue weighted by Crippen LogP contribution is -2.58. The number of carbonyl (C=O) groups is 2. The standard InChI is InChI=1S/C40H38ClN3O10/c1-19-15-23-30(35(45)40(19)36(46)31-27(50-5)18-28(51-6)33(41)34(31)54-40)29(32-37(42-23)43(2)39(48)44(3)38(32)47)22-8-10-25(26(17-22)49-4)53-13-11-20-7-9-24-21(16-20)12-14-52-24/h7-10,16-19,29,42H,11-15H2,1-6H3/t19-,29-,40+/m1/s1. The molecule has 3 aliphatic heterocycles. The minimum atomic E-state index is -2.04. The van der Waals surface area contributed by atoms with E-state index < -0.39 is 40.3 Å². The predicted octanol–water partition coefficient (Wildman–Crippen LogP) is 4.75. The van der Waals surface area contributed by atoms with E-state index in [1.165, 1.54) is 44.6 Å². The van der Waals surface area contributed by atoms with E-state index in [0.717, 1.165) is 22.3 Å². The van der Waals surface area contributed by atoms with Gasteiger partial charge in [0.05, 0.1) is 40.1 Å². The zero-order chi connectivity index (χ0) is 38.2. The van der Waals surface area contributed by atoms with Gasteiger partial charge in [-0.2, -0.15) is 0 Å². The molecule has 1 N–H and O–H groups in total. The number of benzene rings is 3. The fraction of sp³-hybridized carbons (Fsp3) is 0.350. The van der Waals surface area contributed by atoms with Crippen LogP contribution in [0.2, 0.25) is 5.02 Å². The molecule has 4 aliphatic rings. The molecule has 13 nitrogen and oxygen atoms in total. The van der Waals surface area contributed by atoms with Crippen molar-refractivity contribution in [2.45, 2.75) is 37.7 Å². The molecule has 280 valence electrons. The second-order valence-corrected chi connectivity index (χ2v) is 14.2. The second kappa shape index (κ2) is 13.0. The molecule has 0 radical (unpaired) electrons. The van der Waals surface area contributed by atoms with E-state index in [9.17, 15) is 14.4 Å². The third-order valence-corrected chi connectivity index (χ3v) is 11.4. The third-order valence-electron chi connectivity index (χ3n) is 11.0. The topological polar surface area (TPSA) is 146 Å². The molecule has 0 bridgehead atoms. The maximum Gasteiger partial charge on any atom is 0.332 e. The number of aromatic nitrogens is 2. The zero-order valence-corrected chi connectivity index (χ0v) is 31.3. The first-order valence-corrected chi connectivity index (χ1v) is 17.9. The number of hydrogen-bond acceptors (Lipinski definition) is 11. The Kier molecular flexibility index (Phi) is 8.52. The molecule has 8 rings (SSSR count). The van der Waals surface area contributed by atoms with Crippen molar-refractivity contribution in [3.05, 3.63) is 107 Å². The van der Waals surface area contributed by atoms with Crippen molar-refractivity contribution in [1.82, 2.24) is 9.13 Å². The lowest BCUT2D eigenvalue weighted by molar-refractivity contribution is -0.130. The van der Waals surface area contributed by atoms with E-state index in [2.05, 4.69) is 11.4 Å². The minimum Gasteiger partial charge on any atom is -0.496 e. The number of ether oxygens (including phenoxy) is 6. The van der Waals surface area contributed by atoms with Gasteiger partial charge in [-0.05, 0) is 41.3 Å². The van der Waals surface area contributed by atoms with E-state index in [-0.39, 0.29) is 51.2 Å². The van der Waals surface area contributed by atoms with Crippen LogP contribution in [-0.4, -0.2) is 60.8 Å². The number of nitrogens with zero attached hydrogens (tertiary/aromatic N) is 2. The molecule has 0 amide bonds. The Morgan fingerprint density at radius 1 is 0.907 bits per heavy atom. The number of allylic oxidation sites excluding steroid dienone is 1. The highest BCUT2D eigenvalue weighted by Gasteiger charge is 2.64. The van der Waals surface area contributed by atoms with Crippen LogP contribution in [0.15, 0.2) is 63.3 Å². The first-order valence-electron chi connectivity index (χ1n) is 17.5. The Morgan fingerprint density at radius 2 is 1.67 bits per heavy atom. The van der Waals surface area contributed by atoms with Gasteiger partial charge in [-0.25, -0.2) is 4.79 Å². The number of carbonyl (C=O) groups excluding carboxylic acids is 2. The number of hydrogen-bond donors (Lipinski definition) is 1. The Balaban J connectivity index is 1.22. The fourth-order valence-electron chi connectivity index (χ4n) is 8.18. The number of ketones is 2. The van der Waals surface area contributed by atoms with Crippen LogP contribution in [0.25, 0.3) is 0 Å². The SMILES string of the molecule is COc1cc([C@@H]2C3=C(C[C@@H](C)[C@]4(Oc5c(Cl)c(OC)cc(OC)c5C4=O)C3=O)Nc3c2c(=O)n(C)c(=O)n3C)ccc1OCCc1ccc2c(c1)CCO2. The Morgan fingerprint density at radius 3 is 2.41 bits per heavy atom. The maximum atomic E-state index is 15.2. The number of rotatable bonds is 8. The quantitative estimate of drug-likeness (QED) is 0.249. The Labute approximate surface area is 314 Å². The van der Waals surface area contributed by atoms with Crippen molar-refractivity contribution in [3.8, 4) is 34.5 Å². The van der Waals surface area contributed by atoms with Gasteiger partial charge < -0.3 is 33.7 Å². The molecule has 0 fully saturated rings. The van der Waals surface area contributed by atoms with E-state index in [1.807, 2.05) is 12.1 Å². The number of methoxy groups -OCH3 is 3. The monoisotopic (exact) mass is 755 g/mol. The zero-order valence-electron chi connectivity index (χ0n) is 30.6. The van der Waals surface area contributed by atoms with Gasteiger partial charge in [0.25, 0.3) is 5.56 Å². The first kappa shape index (κ1) is 35.3. The van der Waals surface area contributed by atoms with Crippen molar-refractivity contribution < 1.29 is 38.0 Å². The number of anilines is 1. The first-order chi connectivity index (χ1) is 25.9. The molecule has 3 atom stereocenters. The maximum absolute atomic E-state index is 15.2. The molecular weight excluding hydrogens is 718 g/mol. The summed E-state index contributed by atoms with van der Waals surface area (Å²) in [6, 6.07) is 12.8. The Hall–Kier alpha value is -5.69. The highest BCUT2D eigenvalue weighted by atomic mass is 35.5. The molecule has 0 saturated carbocycles. The van der Waals surface area contributed by atoms with Gasteiger partial charge in [-0.3, -0.25) is 23.5 Å². The molecular formula is C40H38ClN3O10. The normalized spacial score (nSPS) is 20.7. The number of fused-ring (bicyclic) bond motifs is 3. The average Bonchev–Trinajstić information content (AvgIpc) is 3.78. The van der Waals surface area contributed by atoms with Crippen LogP contribution in [0.5, 0.6) is 34.5 Å². The summed E-state index contributed by atoms with van der Waals surface area (Å²) in [6.45, 7) is 2.78. The van der Waals surface area contributed by atoms with Gasteiger partial charge in [0.2, 0.25) is 17.2 Å². The van der Waals surface area contributed by atoms with Crippen LogP contribution in [-0.2, 0) is 31.7 Å². The summed E-state index contributed by atoms with van der Waals surface area (Å²) < 4.78 is 37.4. The predicted molar refractivity (Wildman–Crippen MR) is 198 cm³/mol. The van der Waals surface area contributed by atoms with Crippen LogP contribution in [0.3, 0.4) is 0 Å². The summed E-state index contributed by atoms with van der Waals surface area (Å²) >= 11 is 6.69. The molecule has 1 aliphatic carbocycles. The van der Waals surface area contributed by atoms with Crippen LogP contribution in [0.4, 0.5) is 5.82 Å². The summed E-state index contributed by atoms with van der Waals surface area (Å²) in [5, 5.41) is 3.26. The smallest absolute Gasteiger partial charge is 0.332 e. The van der Waals surface area contributed by atoms with Gasteiger partial charge in [0.1, 0.15) is 33.7 Å². The van der Waals surface area contributed by atoms with Crippen LogP contribution < -0.4 is 45.0 Å². The van der Waals surface area contributed by atoms with Gasteiger partial charge in [-0.15, -0.1) is 0 Å². The molecule has 0 unspecified atom stereocenters. The minimum absolute atomic E-state index is 0.0162. The van der Waals surface area contributed by atoms with Crippen molar-refractivity contribution in [1.29, 1.82) is 0 Å². The molecule has 4 heterocycles. The van der Waals surface area contributed by atoms with Crippen LogP contribution in [0, 0.1) is 5.92 Å². The summed E-state index contributed by atoms with van der Waals surface area (Å²) in [4.78, 5) is 57.1. The van der Waals surface area contributed by atoms with Gasteiger partial charge in [0, 0.05) is 56.1 Å². The molecule has 14 heteroatoms. The molecule has 3 aromatic carbocycles. The Bertz CT molecular complexity index is 2450. The van der Waals surface area contributed by atoms with Gasteiger partial charge >= 0.3 is 5.69 Å². The largest absolute Gasteiger partial charge is 0.496 e. The fourth-order valence-corrected chi connectivity index (χ4v) is 8.44. The molecule has 1 spiro atoms. The van der Waals surface area contributed by atoms with Crippen LogP contribution >= 0.6 is 11.6 Å². The molecule has 54 heavy (non-hydrogen) atoms. The third kappa shape index (κ3) is 5.04. The lowest BCUT2D eigenvalue weighted by Gasteiger charge is -2.42. The summed E-state index contributed by atoms with van der Waals surface area (Å²) in [5.41, 5.74) is 0.397. The number of halogens is 1. The summed E-state index contributed by atoms with van der Waals surface area (Å²) in [7, 11) is 7.26. The van der Waals surface area contributed by atoms with Crippen molar-refractivity contribution in [2.24, 2.45) is 20.0 Å². The number of Topliss-reactive ketones (excluding diaryl/α,β-unsaturated/α-hetero) is 2. The van der Waals surface area contributed by atoms with E-state index >= 15 is 4.79 Å². The summed E-state index contributed by atoms with van der Waals surface area (Å²) in [6.07, 6.45) is 1.68. The van der Waals surface area contributed by atoms with Crippen molar-refractivity contribution in [3.63, 3.8) is 0 Å². The van der Waals surface area contributed by atoms with Crippen molar-refractivity contribution in [2.75, 3.05) is 39.9 Å². The number of nitrogens with one attached hydrogen (secondary N) is 1. The van der Waals surface area contributed by atoms with E-state index in [4.69, 9.17) is 40.0 Å². The molecule has 0 saturated heterocycles. The average molecular weight is 756 g/mol. The van der Waals surface area contributed by atoms with Gasteiger partial charge in [-0.1, -0.05) is 36.7 Å². The van der Waals surface area contributed by atoms with E-state index in [1.54, 1.807) is 32.2 Å². The second-order valence-electron chi connectivity index (χ2n) is 13.9. The highest BCUT2D eigenvalue weighted by Crippen LogP contribution is 2.56. The lowest BCUT2D eigenvalue weighted by atomic mass is 9.66. The van der Waals surface area contributed by atoms with Gasteiger partial charge in [0.15, 0.2) is 17.2 Å². The van der Waals surface area contributed by atoms with Crippen molar-refractivity contribution >= 4 is 29.0 Å². The molecule has 4 aromatic rings.